The Morgan fingerprint density at radius 3 is 2.69 bits per heavy atom. The molecule has 0 saturated heterocycles. The Bertz CT molecular complexity index is 456. The van der Waals surface area contributed by atoms with Gasteiger partial charge in [0.15, 0.2) is 0 Å². The fourth-order valence-corrected chi connectivity index (χ4v) is 1.68. The highest BCUT2D eigenvalue weighted by Crippen LogP contribution is 2.19. The zero-order chi connectivity index (χ0) is 11.4. The van der Waals surface area contributed by atoms with E-state index in [-0.39, 0.29) is 6.04 Å². The molecule has 2 aromatic rings. The molecule has 1 atom stereocenters. The van der Waals surface area contributed by atoms with Gasteiger partial charge < -0.3 is 5.32 Å². The maximum absolute atomic E-state index is 4.40. The smallest absolute Gasteiger partial charge is 0.0941 e. The van der Waals surface area contributed by atoms with E-state index in [0.717, 1.165) is 17.0 Å². The minimum atomic E-state index is -0.00472. The summed E-state index contributed by atoms with van der Waals surface area (Å²) in [5.41, 5.74) is 3.02. The molecular weight excluding hydrogens is 200 g/mol. The number of pyridine rings is 1. The van der Waals surface area contributed by atoms with E-state index in [1.165, 1.54) is 0 Å². The summed E-state index contributed by atoms with van der Waals surface area (Å²) in [7, 11) is 1.90. The molecule has 16 heavy (non-hydrogen) atoms. The van der Waals surface area contributed by atoms with Crippen LogP contribution in [0.1, 0.15) is 23.0 Å². The molecule has 2 heterocycles. The monoisotopic (exact) mass is 214 g/mol. The zero-order valence-corrected chi connectivity index (χ0v) is 9.38. The van der Waals surface area contributed by atoms with Gasteiger partial charge in [-0.2, -0.15) is 0 Å². The van der Waals surface area contributed by atoms with Gasteiger partial charge in [0.2, 0.25) is 0 Å². The minimum absolute atomic E-state index is 0.00472. The van der Waals surface area contributed by atoms with Crippen molar-refractivity contribution in [3.8, 4) is 0 Å². The number of aryl methyl sites for hydroxylation is 1. The molecule has 2 rings (SSSR count). The summed E-state index contributed by atoms with van der Waals surface area (Å²) in [6, 6.07) is 3.97. The Balaban J connectivity index is 2.41. The molecule has 2 aromatic heterocycles. The quantitative estimate of drug-likeness (QED) is 0.841. The predicted octanol–water partition coefficient (Wildman–Crippen LogP) is 1.49. The Hall–Kier alpha value is -1.81. The van der Waals surface area contributed by atoms with E-state index in [0.29, 0.717) is 0 Å². The summed E-state index contributed by atoms with van der Waals surface area (Å²) in [5.74, 6) is 0. The molecule has 0 bridgehead atoms. The van der Waals surface area contributed by atoms with Gasteiger partial charge in [0.1, 0.15) is 0 Å². The molecule has 1 unspecified atom stereocenters. The van der Waals surface area contributed by atoms with Crippen molar-refractivity contribution in [3.63, 3.8) is 0 Å². The van der Waals surface area contributed by atoms with E-state index in [1.54, 1.807) is 24.8 Å². The first-order valence-electron chi connectivity index (χ1n) is 5.17. The predicted molar refractivity (Wildman–Crippen MR) is 61.9 cm³/mol. The molecule has 82 valence electrons. The lowest BCUT2D eigenvalue weighted by atomic mass is 10.1. The molecule has 0 saturated carbocycles. The van der Waals surface area contributed by atoms with Crippen molar-refractivity contribution in [2.45, 2.75) is 13.0 Å². The van der Waals surface area contributed by atoms with Gasteiger partial charge in [-0.15, -0.1) is 0 Å². The van der Waals surface area contributed by atoms with Crippen LogP contribution in [0, 0.1) is 6.92 Å². The second-order valence-corrected chi connectivity index (χ2v) is 3.56. The third kappa shape index (κ3) is 2.06. The number of hydrogen-bond donors (Lipinski definition) is 1. The highest BCUT2D eigenvalue weighted by Gasteiger charge is 2.16. The van der Waals surface area contributed by atoms with E-state index >= 15 is 0 Å². The number of nitrogens with zero attached hydrogens (tertiary/aromatic N) is 3. The van der Waals surface area contributed by atoms with Gasteiger partial charge >= 0.3 is 0 Å². The van der Waals surface area contributed by atoms with Crippen molar-refractivity contribution in [1.29, 1.82) is 0 Å². The topological polar surface area (TPSA) is 50.7 Å². The average Bonchev–Trinajstić information content (AvgIpc) is 2.34. The fraction of sp³-hybridized carbons (Fsp3) is 0.250. The molecule has 0 fully saturated rings. The molecule has 0 spiro atoms. The summed E-state index contributed by atoms with van der Waals surface area (Å²) in [5, 5.41) is 3.21. The first kappa shape index (κ1) is 10.7. The molecule has 0 radical (unpaired) electrons. The van der Waals surface area contributed by atoms with Gasteiger partial charge in [0, 0.05) is 18.6 Å². The van der Waals surface area contributed by atoms with Gasteiger partial charge in [-0.1, -0.05) is 6.07 Å². The molecule has 0 aliphatic carbocycles. The summed E-state index contributed by atoms with van der Waals surface area (Å²) in [4.78, 5) is 12.8. The Kier molecular flexibility index (Phi) is 3.22. The van der Waals surface area contributed by atoms with Crippen molar-refractivity contribution >= 4 is 0 Å². The average molecular weight is 214 g/mol. The number of aromatic nitrogens is 3. The van der Waals surface area contributed by atoms with Crippen LogP contribution in [0.25, 0.3) is 0 Å². The molecule has 1 N–H and O–H groups in total. The molecular formula is C12H14N4. The summed E-state index contributed by atoms with van der Waals surface area (Å²) in [6.45, 7) is 2.04. The fourth-order valence-electron chi connectivity index (χ4n) is 1.68. The van der Waals surface area contributed by atoms with E-state index in [9.17, 15) is 0 Å². The second-order valence-electron chi connectivity index (χ2n) is 3.56. The maximum atomic E-state index is 4.40. The highest BCUT2D eigenvalue weighted by molar-refractivity contribution is 5.27. The lowest BCUT2D eigenvalue weighted by molar-refractivity contribution is 0.643. The number of rotatable bonds is 3. The molecule has 0 aliphatic heterocycles. The summed E-state index contributed by atoms with van der Waals surface area (Å²) >= 11 is 0. The minimum Gasteiger partial charge on any atom is -0.307 e. The van der Waals surface area contributed by atoms with E-state index in [2.05, 4.69) is 20.3 Å². The Labute approximate surface area is 94.8 Å². The van der Waals surface area contributed by atoms with Crippen LogP contribution >= 0.6 is 0 Å². The van der Waals surface area contributed by atoms with Gasteiger partial charge in [0.25, 0.3) is 0 Å². The van der Waals surface area contributed by atoms with Crippen LogP contribution in [-0.2, 0) is 0 Å². The lowest BCUT2D eigenvalue weighted by Gasteiger charge is -2.16. The van der Waals surface area contributed by atoms with Crippen LogP contribution in [0.2, 0.25) is 0 Å². The number of hydrogen-bond acceptors (Lipinski definition) is 4. The van der Waals surface area contributed by atoms with Crippen molar-refractivity contribution in [3.05, 3.63) is 53.9 Å². The third-order valence-corrected chi connectivity index (χ3v) is 2.49. The molecule has 0 aliphatic rings. The van der Waals surface area contributed by atoms with Crippen molar-refractivity contribution in [1.82, 2.24) is 20.3 Å². The van der Waals surface area contributed by atoms with E-state index in [1.807, 2.05) is 26.1 Å². The zero-order valence-electron chi connectivity index (χ0n) is 9.38. The summed E-state index contributed by atoms with van der Waals surface area (Å²) < 4.78 is 0. The van der Waals surface area contributed by atoms with Crippen LogP contribution < -0.4 is 5.32 Å². The molecule has 4 nitrogen and oxygen atoms in total. The van der Waals surface area contributed by atoms with Gasteiger partial charge in [0.05, 0.1) is 23.6 Å². The van der Waals surface area contributed by atoms with Crippen LogP contribution in [0.15, 0.2) is 36.9 Å². The third-order valence-electron chi connectivity index (χ3n) is 2.49. The van der Waals surface area contributed by atoms with Crippen LogP contribution in [0.5, 0.6) is 0 Å². The van der Waals surface area contributed by atoms with Crippen LogP contribution in [0.3, 0.4) is 0 Å². The molecule has 0 aromatic carbocycles. The van der Waals surface area contributed by atoms with Gasteiger partial charge in [-0.05, 0) is 25.6 Å². The SMILES string of the molecule is CNC(c1cnccn1)c1ncccc1C. The first-order chi connectivity index (χ1) is 7.83. The van der Waals surface area contributed by atoms with Crippen molar-refractivity contribution in [2.24, 2.45) is 0 Å². The van der Waals surface area contributed by atoms with Crippen molar-refractivity contribution in [2.75, 3.05) is 7.05 Å². The Morgan fingerprint density at radius 2 is 2.06 bits per heavy atom. The largest absolute Gasteiger partial charge is 0.307 e. The van der Waals surface area contributed by atoms with Crippen molar-refractivity contribution < 1.29 is 0 Å². The van der Waals surface area contributed by atoms with E-state index < -0.39 is 0 Å². The standard InChI is InChI=1S/C12H14N4/c1-9-4-3-5-16-11(9)12(13-2)10-8-14-6-7-15-10/h3-8,12-13H,1-2H3. The lowest BCUT2D eigenvalue weighted by Crippen LogP contribution is -2.21. The molecule has 4 heteroatoms. The summed E-state index contributed by atoms with van der Waals surface area (Å²) in [6.07, 6.45) is 6.91. The van der Waals surface area contributed by atoms with Crippen LogP contribution in [-0.4, -0.2) is 22.0 Å². The highest BCUT2D eigenvalue weighted by atomic mass is 15.0. The second kappa shape index (κ2) is 4.81. The Morgan fingerprint density at radius 1 is 1.19 bits per heavy atom. The normalized spacial score (nSPS) is 12.4. The van der Waals surface area contributed by atoms with Crippen LogP contribution in [0.4, 0.5) is 0 Å². The van der Waals surface area contributed by atoms with E-state index in [4.69, 9.17) is 0 Å². The maximum Gasteiger partial charge on any atom is 0.0941 e. The van der Waals surface area contributed by atoms with Gasteiger partial charge in [-0.3, -0.25) is 15.0 Å². The van der Waals surface area contributed by atoms with Gasteiger partial charge in [-0.25, -0.2) is 0 Å². The molecule has 0 amide bonds. The number of nitrogens with one attached hydrogen (secondary N) is 1. The first-order valence-corrected chi connectivity index (χ1v) is 5.17.